The average Bonchev–Trinajstić information content (AvgIpc) is 3.23. The van der Waals surface area contributed by atoms with Crippen molar-refractivity contribution in [3.05, 3.63) is 82.9 Å². The molecule has 226 valence electrons. The summed E-state index contributed by atoms with van der Waals surface area (Å²) in [6.45, 7) is 25.8. The van der Waals surface area contributed by atoms with Crippen LogP contribution < -0.4 is 0 Å². The molecular weight excluding hydrogens is 526 g/mol. The molecule has 0 saturated carbocycles. The molecule has 0 saturated heterocycles. The number of hydrogen-bond acceptors (Lipinski definition) is 2. The summed E-state index contributed by atoms with van der Waals surface area (Å²) in [7, 11) is 0. The Morgan fingerprint density at radius 1 is 0.395 bits per heavy atom. The predicted octanol–water partition coefficient (Wildman–Crippen LogP) is 11.3. The third-order valence-electron chi connectivity index (χ3n) is 8.72. The van der Waals surface area contributed by atoms with Gasteiger partial charge in [0.1, 0.15) is 11.5 Å². The molecule has 4 aromatic carbocycles. The summed E-state index contributed by atoms with van der Waals surface area (Å²) in [5, 5.41) is 24.8. The fraction of sp³-hybridized carbons (Fsp3) is 0.400. The number of phenolic OH excluding ortho intramolecular Hbond substituents is 2. The van der Waals surface area contributed by atoms with Crippen LogP contribution in [0.5, 0.6) is 11.5 Å². The van der Waals surface area contributed by atoms with Crippen LogP contribution in [0.15, 0.2) is 60.7 Å². The SMILES string of the molecule is CC(C)(C)c1cc(-c2ccc3c(c2)[nH]c2cc(-c4cc(C(C)(C)C)c(O)c(C(C)(C)C)c4)ccc23)cc(C(C)(C)C)c1O. The molecule has 0 aliphatic heterocycles. The summed E-state index contributed by atoms with van der Waals surface area (Å²) >= 11 is 0. The van der Waals surface area contributed by atoms with Gasteiger partial charge in [0.15, 0.2) is 0 Å². The lowest BCUT2D eigenvalue weighted by Crippen LogP contribution is -2.17. The van der Waals surface area contributed by atoms with Gasteiger partial charge in [-0.3, -0.25) is 0 Å². The molecule has 0 aliphatic rings. The maximum absolute atomic E-state index is 11.2. The molecule has 5 aromatic rings. The predicted molar refractivity (Wildman–Crippen MR) is 185 cm³/mol. The first-order chi connectivity index (χ1) is 19.7. The van der Waals surface area contributed by atoms with Crippen LogP contribution in [0.2, 0.25) is 0 Å². The van der Waals surface area contributed by atoms with Crippen LogP contribution in [0, 0.1) is 0 Å². The van der Waals surface area contributed by atoms with E-state index in [2.05, 4.69) is 149 Å². The molecular formula is C40H49NO2. The summed E-state index contributed by atoms with van der Waals surface area (Å²) in [6.07, 6.45) is 0. The van der Waals surface area contributed by atoms with Crippen LogP contribution in [0.4, 0.5) is 0 Å². The molecule has 3 heteroatoms. The van der Waals surface area contributed by atoms with Gasteiger partial charge in [0.25, 0.3) is 0 Å². The lowest BCUT2D eigenvalue weighted by Gasteiger charge is -2.28. The topological polar surface area (TPSA) is 56.2 Å². The van der Waals surface area contributed by atoms with Crippen LogP contribution in [0.3, 0.4) is 0 Å². The van der Waals surface area contributed by atoms with Crippen molar-refractivity contribution in [2.75, 3.05) is 0 Å². The zero-order valence-corrected chi connectivity index (χ0v) is 28.2. The zero-order valence-electron chi connectivity index (χ0n) is 28.2. The van der Waals surface area contributed by atoms with Crippen molar-refractivity contribution in [2.45, 2.75) is 105 Å². The number of nitrogens with one attached hydrogen (secondary N) is 1. The minimum atomic E-state index is -0.185. The van der Waals surface area contributed by atoms with Crippen molar-refractivity contribution >= 4 is 21.8 Å². The molecule has 0 fully saturated rings. The van der Waals surface area contributed by atoms with E-state index in [-0.39, 0.29) is 21.7 Å². The van der Waals surface area contributed by atoms with E-state index >= 15 is 0 Å². The van der Waals surface area contributed by atoms with Gasteiger partial charge in [-0.05, 0) is 80.3 Å². The van der Waals surface area contributed by atoms with E-state index in [1.54, 1.807) is 0 Å². The number of hydrogen-bond donors (Lipinski definition) is 3. The van der Waals surface area contributed by atoms with Gasteiger partial charge in [0.05, 0.1) is 0 Å². The molecule has 0 radical (unpaired) electrons. The second-order valence-electron chi connectivity index (χ2n) is 16.5. The number of benzene rings is 4. The van der Waals surface area contributed by atoms with Crippen molar-refractivity contribution in [1.82, 2.24) is 4.98 Å². The number of aromatic hydroxyl groups is 2. The number of H-pyrrole nitrogens is 1. The number of rotatable bonds is 2. The van der Waals surface area contributed by atoms with Crippen LogP contribution in [-0.2, 0) is 21.7 Å². The summed E-state index contributed by atoms with van der Waals surface area (Å²) in [6, 6.07) is 21.9. The van der Waals surface area contributed by atoms with Crippen molar-refractivity contribution in [2.24, 2.45) is 0 Å². The largest absolute Gasteiger partial charge is 0.507 e. The van der Waals surface area contributed by atoms with Gasteiger partial charge in [0.2, 0.25) is 0 Å². The highest BCUT2D eigenvalue weighted by Gasteiger charge is 2.28. The van der Waals surface area contributed by atoms with Crippen LogP contribution in [0.25, 0.3) is 44.1 Å². The Labute approximate surface area is 258 Å². The highest BCUT2D eigenvalue weighted by Crippen LogP contribution is 2.44. The standard InChI is InChI=1S/C40H49NO2/c1-37(2,3)29-17-25(18-30(35(29)42)38(4,5)6)23-13-15-27-28-16-14-24(22-34(28)41-33(27)21-23)26-19-31(39(7,8)9)36(43)32(20-26)40(10,11)12/h13-22,41-43H,1-12H3. The van der Waals surface area contributed by atoms with E-state index in [1.165, 1.54) is 10.8 Å². The molecule has 0 bridgehead atoms. The first-order valence-electron chi connectivity index (χ1n) is 15.5. The number of aromatic nitrogens is 1. The van der Waals surface area contributed by atoms with E-state index in [0.29, 0.717) is 11.5 Å². The van der Waals surface area contributed by atoms with Gasteiger partial charge in [0, 0.05) is 44.1 Å². The van der Waals surface area contributed by atoms with Gasteiger partial charge < -0.3 is 15.2 Å². The van der Waals surface area contributed by atoms with E-state index in [9.17, 15) is 10.2 Å². The van der Waals surface area contributed by atoms with Crippen LogP contribution >= 0.6 is 0 Å². The molecule has 43 heavy (non-hydrogen) atoms. The second-order valence-corrected chi connectivity index (χ2v) is 16.5. The van der Waals surface area contributed by atoms with E-state index in [1.807, 2.05) is 0 Å². The fourth-order valence-electron chi connectivity index (χ4n) is 6.16. The third-order valence-corrected chi connectivity index (χ3v) is 8.72. The molecule has 5 rings (SSSR count). The van der Waals surface area contributed by atoms with Crippen molar-refractivity contribution < 1.29 is 10.2 Å². The number of phenols is 2. The Morgan fingerprint density at radius 2 is 0.674 bits per heavy atom. The average molecular weight is 576 g/mol. The Bertz CT molecular complexity index is 1650. The van der Waals surface area contributed by atoms with Gasteiger partial charge in [-0.1, -0.05) is 107 Å². The minimum Gasteiger partial charge on any atom is -0.507 e. The van der Waals surface area contributed by atoms with Crippen molar-refractivity contribution in [1.29, 1.82) is 0 Å². The summed E-state index contributed by atoms with van der Waals surface area (Å²) < 4.78 is 0. The Kier molecular flexibility index (Phi) is 7.08. The fourth-order valence-corrected chi connectivity index (χ4v) is 6.16. The third kappa shape index (κ3) is 5.67. The summed E-state index contributed by atoms with van der Waals surface area (Å²) in [5.41, 5.74) is 9.78. The highest BCUT2D eigenvalue weighted by atomic mass is 16.3. The molecule has 0 aliphatic carbocycles. The monoisotopic (exact) mass is 575 g/mol. The Balaban J connectivity index is 1.66. The molecule has 3 N–H and O–H groups in total. The van der Waals surface area contributed by atoms with E-state index in [0.717, 1.165) is 55.5 Å². The molecule has 0 amide bonds. The van der Waals surface area contributed by atoms with Gasteiger partial charge in [-0.2, -0.15) is 0 Å². The van der Waals surface area contributed by atoms with Crippen LogP contribution in [0.1, 0.15) is 105 Å². The van der Waals surface area contributed by atoms with E-state index < -0.39 is 0 Å². The van der Waals surface area contributed by atoms with Gasteiger partial charge >= 0.3 is 0 Å². The molecule has 3 nitrogen and oxygen atoms in total. The van der Waals surface area contributed by atoms with Crippen molar-refractivity contribution in [3.63, 3.8) is 0 Å². The Hall–Kier alpha value is -3.72. The number of fused-ring (bicyclic) bond motifs is 3. The van der Waals surface area contributed by atoms with Gasteiger partial charge in [-0.15, -0.1) is 0 Å². The molecule has 0 spiro atoms. The number of aromatic amines is 1. The molecule has 0 unspecified atom stereocenters. The zero-order chi connectivity index (χ0) is 31.9. The van der Waals surface area contributed by atoms with Crippen molar-refractivity contribution in [3.8, 4) is 33.8 Å². The maximum Gasteiger partial charge on any atom is 0.123 e. The Morgan fingerprint density at radius 3 is 0.930 bits per heavy atom. The molecule has 1 aromatic heterocycles. The summed E-state index contributed by atoms with van der Waals surface area (Å²) in [5.74, 6) is 0.808. The summed E-state index contributed by atoms with van der Waals surface area (Å²) in [4.78, 5) is 3.70. The van der Waals surface area contributed by atoms with E-state index in [4.69, 9.17) is 0 Å². The maximum atomic E-state index is 11.2. The first-order valence-corrected chi connectivity index (χ1v) is 15.5. The lowest BCUT2D eigenvalue weighted by molar-refractivity contribution is 0.422. The molecule has 0 atom stereocenters. The normalized spacial score (nSPS) is 13.3. The smallest absolute Gasteiger partial charge is 0.123 e. The van der Waals surface area contributed by atoms with Gasteiger partial charge in [-0.25, -0.2) is 0 Å². The second kappa shape index (κ2) is 9.91. The first kappa shape index (κ1) is 30.7. The lowest BCUT2D eigenvalue weighted by atomic mass is 9.77. The minimum absolute atomic E-state index is 0.185. The molecule has 1 heterocycles. The highest BCUT2D eigenvalue weighted by molar-refractivity contribution is 6.09. The van der Waals surface area contributed by atoms with Crippen LogP contribution in [-0.4, -0.2) is 15.2 Å². The quantitative estimate of drug-likeness (QED) is 0.196.